The predicted octanol–water partition coefficient (Wildman–Crippen LogP) is 9.61. The molecule has 46 heavy (non-hydrogen) atoms. The summed E-state index contributed by atoms with van der Waals surface area (Å²) in [6.45, 7) is 3.97. The van der Waals surface area contributed by atoms with Gasteiger partial charge in [0.1, 0.15) is 0 Å². The van der Waals surface area contributed by atoms with Crippen LogP contribution in [0.25, 0.3) is 0 Å². The van der Waals surface area contributed by atoms with Crippen LogP contribution in [0.15, 0.2) is 36.5 Å². The number of nitrogens with two attached hydrogens (primary N) is 1. The number of phosphoric ester groups is 1. The number of hydrogen-bond acceptors (Lipinski definition) is 6. The molecule has 5 N–H and O–H groups in total. The van der Waals surface area contributed by atoms with Crippen molar-refractivity contribution in [3.63, 3.8) is 0 Å². The molecule has 9 heteroatoms. The van der Waals surface area contributed by atoms with Crippen molar-refractivity contribution >= 4 is 13.7 Å². The minimum absolute atomic E-state index is 0.0721. The molecule has 0 aliphatic heterocycles. The molecule has 1 amide bonds. The van der Waals surface area contributed by atoms with Crippen molar-refractivity contribution in [3.05, 3.63) is 36.5 Å². The Labute approximate surface area is 282 Å². The highest BCUT2D eigenvalue weighted by molar-refractivity contribution is 7.47. The smallest absolute Gasteiger partial charge is 0.387 e. The fraction of sp³-hybridized carbons (Fsp3) is 0.811. The number of carbonyl (C=O) groups is 1. The second-order valence-electron chi connectivity index (χ2n) is 12.4. The van der Waals surface area contributed by atoms with E-state index in [4.69, 9.17) is 14.8 Å². The Bertz CT molecular complexity index is 820. The molecule has 0 saturated carbocycles. The molecular weight excluding hydrogens is 599 g/mol. The molecule has 0 aliphatic rings. The van der Waals surface area contributed by atoms with Crippen molar-refractivity contribution in [3.8, 4) is 0 Å². The maximum absolute atomic E-state index is 12.7. The second-order valence-corrected chi connectivity index (χ2v) is 13.8. The summed E-state index contributed by atoms with van der Waals surface area (Å²) in [5.41, 5.74) is 5.34. The Hall–Kier alpha value is -1.28. The highest BCUT2D eigenvalue weighted by Crippen LogP contribution is 2.43. The van der Waals surface area contributed by atoms with E-state index < -0.39 is 20.0 Å². The van der Waals surface area contributed by atoms with Gasteiger partial charge in [-0.15, -0.1) is 0 Å². The maximum atomic E-state index is 12.7. The molecule has 0 aromatic rings. The highest BCUT2D eigenvalue weighted by atomic mass is 31.2. The van der Waals surface area contributed by atoms with Crippen LogP contribution in [0.4, 0.5) is 0 Å². The van der Waals surface area contributed by atoms with Crippen molar-refractivity contribution in [2.45, 2.75) is 174 Å². The zero-order chi connectivity index (χ0) is 34.0. The summed E-state index contributed by atoms with van der Waals surface area (Å²) >= 11 is 0. The number of unbranched alkanes of at least 4 members (excludes halogenated alkanes) is 18. The molecule has 0 rings (SSSR count). The first kappa shape index (κ1) is 44.7. The van der Waals surface area contributed by atoms with Crippen LogP contribution in [0.1, 0.15) is 162 Å². The van der Waals surface area contributed by atoms with Crippen LogP contribution in [-0.2, 0) is 18.4 Å². The van der Waals surface area contributed by atoms with Gasteiger partial charge in [-0.05, 0) is 38.5 Å². The largest absolute Gasteiger partial charge is 0.472 e. The van der Waals surface area contributed by atoms with Gasteiger partial charge in [0.05, 0.1) is 25.4 Å². The summed E-state index contributed by atoms with van der Waals surface area (Å²) < 4.78 is 22.0. The summed E-state index contributed by atoms with van der Waals surface area (Å²) in [5.74, 6) is -0.210. The fourth-order valence-electron chi connectivity index (χ4n) is 5.17. The Morgan fingerprint density at radius 1 is 0.717 bits per heavy atom. The molecule has 0 spiro atoms. The fourth-order valence-corrected chi connectivity index (χ4v) is 5.93. The Morgan fingerprint density at radius 2 is 1.17 bits per heavy atom. The van der Waals surface area contributed by atoms with E-state index in [9.17, 15) is 19.4 Å². The summed E-state index contributed by atoms with van der Waals surface area (Å²) in [7, 11) is -4.34. The van der Waals surface area contributed by atoms with Crippen molar-refractivity contribution in [2.24, 2.45) is 5.73 Å². The number of amides is 1. The lowest BCUT2D eigenvalue weighted by molar-refractivity contribution is -0.123. The number of carbonyl (C=O) groups excluding carboxylic acids is 1. The van der Waals surface area contributed by atoms with E-state index >= 15 is 0 Å². The number of allylic oxidation sites excluding steroid dienone is 5. The van der Waals surface area contributed by atoms with Crippen LogP contribution in [-0.4, -0.2) is 47.8 Å². The van der Waals surface area contributed by atoms with Crippen LogP contribution in [0.2, 0.25) is 0 Å². The number of rotatable bonds is 34. The third-order valence-electron chi connectivity index (χ3n) is 7.96. The first-order chi connectivity index (χ1) is 22.4. The van der Waals surface area contributed by atoms with Gasteiger partial charge in [0.2, 0.25) is 5.91 Å². The van der Waals surface area contributed by atoms with Gasteiger partial charge in [-0.3, -0.25) is 13.8 Å². The molecule has 3 atom stereocenters. The van der Waals surface area contributed by atoms with Gasteiger partial charge in [-0.1, -0.05) is 153 Å². The number of aliphatic hydroxyl groups is 1. The molecule has 0 saturated heterocycles. The first-order valence-corrected chi connectivity index (χ1v) is 20.1. The van der Waals surface area contributed by atoms with Gasteiger partial charge in [-0.2, -0.15) is 0 Å². The number of nitrogens with one attached hydrogen (secondary N) is 1. The van der Waals surface area contributed by atoms with Crippen molar-refractivity contribution in [2.75, 3.05) is 19.8 Å². The molecule has 0 bridgehead atoms. The Balaban J connectivity index is 4.26. The summed E-state index contributed by atoms with van der Waals surface area (Å²) in [6, 6.07) is -0.877. The zero-order valence-electron chi connectivity index (χ0n) is 29.6. The molecule has 3 unspecified atom stereocenters. The quantitative estimate of drug-likeness (QED) is 0.0305. The first-order valence-electron chi connectivity index (χ1n) is 18.6. The molecule has 0 radical (unpaired) electrons. The van der Waals surface area contributed by atoms with Gasteiger partial charge in [-0.25, -0.2) is 4.57 Å². The van der Waals surface area contributed by atoms with E-state index in [0.29, 0.717) is 6.42 Å². The summed E-state index contributed by atoms with van der Waals surface area (Å²) in [5, 5.41) is 13.5. The van der Waals surface area contributed by atoms with Crippen LogP contribution in [0, 0.1) is 0 Å². The third-order valence-corrected chi connectivity index (χ3v) is 8.94. The van der Waals surface area contributed by atoms with Crippen LogP contribution >= 0.6 is 7.82 Å². The average Bonchev–Trinajstić information content (AvgIpc) is 3.04. The minimum atomic E-state index is -4.34. The van der Waals surface area contributed by atoms with E-state index in [2.05, 4.69) is 43.5 Å². The third kappa shape index (κ3) is 31.3. The molecule has 8 nitrogen and oxygen atoms in total. The van der Waals surface area contributed by atoms with E-state index in [1.807, 2.05) is 6.08 Å². The van der Waals surface area contributed by atoms with Crippen molar-refractivity contribution in [1.82, 2.24) is 5.32 Å². The Morgan fingerprint density at radius 3 is 1.65 bits per heavy atom. The van der Waals surface area contributed by atoms with Crippen LogP contribution in [0.5, 0.6) is 0 Å². The summed E-state index contributed by atoms with van der Waals surface area (Å²) in [6.07, 6.45) is 37.7. The lowest BCUT2D eigenvalue weighted by atomic mass is 10.0. The topological polar surface area (TPSA) is 131 Å². The Kier molecular flexibility index (Phi) is 32.7. The standard InChI is InChI=1S/C37H71N2O6P/c1-3-5-7-9-11-13-15-16-17-18-19-20-21-23-25-27-29-31-37(41)39-35(34-45-46(42,43)44-33-32-38)36(40)30-28-26-24-22-14-12-10-8-6-4-2/h6,8,14,22,28,30,35-36,40H,3-5,7,9-13,15-21,23-27,29,31-34,38H2,1-2H3,(H,39,41)(H,42,43)/b8-6+,22-14+,30-28+. The zero-order valence-corrected chi connectivity index (χ0v) is 30.4. The lowest BCUT2D eigenvalue weighted by Crippen LogP contribution is -2.45. The second kappa shape index (κ2) is 33.6. The normalized spacial score (nSPS) is 14.8. The summed E-state index contributed by atoms with van der Waals surface area (Å²) in [4.78, 5) is 22.5. The van der Waals surface area contributed by atoms with Gasteiger partial charge < -0.3 is 21.1 Å². The average molecular weight is 671 g/mol. The van der Waals surface area contributed by atoms with E-state index in [-0.39, 0.29) is 25.7 Å². The number of hydrogen-bond donors (Lipinski definition) is 4. The van der Waals surface area contributed by atoms with Gasteiger partial charge in [0, 0.05) is 13.0 Å². The van der Waals surface area contributed by atoms with Gasteiger partial charge in [0.15, 0.2) is 0 Å². The number of aliphatic hydroxyl groups excluding tert-OH is 1. The molecule has 0 aliphatic carbocycles. The lowest BCUT2D eigenvalue weighted by Gasteiger charge is -2.23. The molecule has 270 valence electrons. The minimum Gasteiger partial charge on any atom is -0.387 e. The number of phosphoric acid groups is 1. The van der Waals surface area contributed by atoms with Gasteiger partial charge >= 0.3 is 7.82 Å². The van der Waals surface area contributed by atoms with E-state index in [0.717, 1.165) is 51.4 Å². The molecule has 0 fully saturated rings. The monoisotopic (exact) mass is 671 g/mol. The van der Waals surface area contributed by atoms with Gasteiger partial charge in [0.25, 0.3) is 0 Å². The molecule has 0 aromatic heterocycles. The van der Waals surface area contributed by atoms with Crippen LogP contribution in [0.3, 0.4) is 0 Å². The van der Waals surface area contributed by atoms with E-state index in [1.54, 1.807) is 6.08 Å². The molecule has 0 aromatic carbocycles. The van der Waals surface area contributed by atoms with Crippen molar-refractivity contribution in [1.29, 1.82) is 0 Å². The predicted molar refractivity (Wildman–Crippen MR) is 194 cm³/mol. The van der Waals surface area contributed by atoms with Crippen LogP contribution < -0.4 is 11.1 Å². The van der Waals surface area contributed by atoms with E-state index in [1.165, 1.54) is 89.9 Å². The highest BCUT2D eigenvalue weighted by Gasteiger charge is 2.26. The SMILES string of the molecule is CC/C=C/CC/C=C/CC/C=C/C(O)C(COP(=O)(O)OCCN)NC(=O)CCCCCCCCCCCCCCCCCCC. The maximum Gasteiger partial charge on any atom is 0.472 e. The molecular formula is C37H71N2O6P. The van der Waals surface area contributed by atoms with Crippen molar-refractivity contribution < 1.29 is 28.4 Å². The molecule has 0 heterocycles.